The van der Waals surface area contributed by atoms with Gasteiger partial charge in [-0.2, -0.15) is 0 Å². The molecule has 0 spiro atoms. The predicted octanol–water partition coefficient (Wildman–Crippen LogP) is 3.44. The number of benzene rings is 2. The molecule has 5 rings (SSSR count). The summed E-state index contributed by atoms with van der Waals surface area (Å²) < 4.78 is 6.64. The highest BCUT2D eigenvalue weighted by molar-refractivity contribution is 6.42. The first-order valence-electron chi connectivity index (χ1n) is 13.0. The van der Waals surface area contributed by atoms with Crippen molar-refractivity contribution in [1.82, 2.24) is 19.4 Å². The molecule has 0 radical (unpaired) electrons. The van der Waals surface area contributed by atoms with Crippen molar-refractivity contribution in [2.24, 2.45) is 5.92 Å². The molecule has 0 unspecified atom stereocenters. The average Bonchev–Trinajstić information content (AvgIpc) is 2.91. The molecule has 2 aliphatic rings. The summed E-state index contributed by atoms with van der Waals surface area (Å²) in [5, 5.41) is 1.33. The van der Waals surface area contributed by atoms with Crippen LogP contribution in [0.25, 0.3) is 10.9 Å². The van der Waals surface area contributed by atoms with Crippen molar-refractivity contribution in [3.63, 3.8) is 0 Å². The molecule has 3 aromatic rings. The number of carbonyl (C=O) groups excluding carboxylic acids is 2. The minimum atomic E-state index is -0.273. The Morgan fingerprint density at radius 1 is 1.05 bits per heavy atom. The smallest absolute Gasteiger partial charge is 0.261 e. The molecule has 39 heavy (non-hydrogen) atoms. The highest BCUT2D eigenvalue weighted by atomic mass is 35.5. The molecular formula is C28H31Cl2N5O4. The van der Waals surface area contributed by atoms with E-state index in [0.29, 0.717) is 53.7 Å². The summed E-state index contributed by atoms with van der Waals surface area (Å²) in [7, 11) is 3.36. The second-order valence-electron chi connectivity index (χ2n) is 10.2. The van der Waals surface area contributed by atoms with Crippen molar-refractivity contribution < 1.29 is 14.3 Å². The normalized spacial score (nSPS) is 19.2. The van der Waals surface area contributed by atoms with Crippen LogP contribution in [0.15, 0.2) is 47.5 Å². The molecule has 0 atom stereocenters. The van der Waals surface area contributed by atoms with E-state index < -0.39 is 0 Å². The van der Waals surface area contributed by atoms with Gasteiger partial charge >= 0.3 is 0 Å². The Morgan fingerprint density at radius 2 is 1.79 bits per heavy atom. The number of anilines is 1. The number of carbonyl (C=O) groups is 2. The molecule has 1 aromatic heterocycles. The quantitative estimate of drug-likeness (QED) is 0.431. The van der Waals surface area contributed by atoms with Gasteiger partial charge in [-0.25, -0.2) is 4.98 Å². The van der Waals surface area contributed by atoms with Gasteiger partial charge in [0.15, 0.2) is 0 Å². The van der Waals surface area contributed by atoms with Gasteiger partial charge < -0.3 is 19.4 Å². The minimum absolute atomic E-state index is 0.0671. The lowest BCUT2D eigenvalue weighted by Crippen LogP contribution is -2.52. The van der Waals surface area contributed by atoms with E-state index in [1.54, 1.807) is 26.3 Å². The van der Waals surface area contributed by atoms with Gasteiger partial charge in [-0.3, -0.25) is 19.0 Å². The first-order valence-corrected chi connectivity index (χ1v) is 13.7. The monoisotopic (exact) mass is 571 g/mol. The number of ether oxygens (including phenoxy) is 1. The van der Waals surface area contributed by atoms with Crippen LogP contribution in [-0.2, 0) is 27.4 Å². The Kier molecular flexibility index (Phi) is 8.11. The molecule has 1 saturated carbocycles. The van der Waals surface area contributed by atoms with Crippen LogP contribution in [0.3, 0.4) is 0 Å². The fourth-order valence-corrected chi connectivity index (χ4v) is 5.45. The molecule has 0 bridgehead atoms. The SMILES string of the molecule is COC1CC(C(=O)N2CCN(c3ccc4ncn(CC(=O)N(C)Cc5ccc(Cl)c(Cl)c5)c(=O)c4c3)CC2)C1. The van der Waals surface area contributed by atoms with Crippen molar-refractivity contribution in [3.05, 3.63) is 68.7 Å². The number of aromatic nitrogens is 2. The van der Waals surface area contributed by atoms with Crippen LogP contribution in [0.2, 0.25) is 10.0 Å². The zero-order valence-electron chi connectivity index (χ0n) is 22.0. The maximum Gasteiger partial charge on any atom is 0.261 e. The van der Waals surface area contributed by atoms with E-state index in [-0.39, 0.29) is 35.9 Å². The number of piperazine rings is 1. The highest BCUT2D eigenvalue weighted by Gasteiger charge is 2.37. The van der Waals surface area contributed by atoms with Gasteiger partial charge in [0.1, 0.15) is 6.54 Å². The third kappa shape index (κ3) is 5.90. The summed E-state index contributed by atoms with van der Waals surface area (Å²) in [4.78, 5) is 49.0. The number of halogens is 2. The molecule has 11 heteroatoms. The van der Waals surface area contributed by atoms with Gasteiger partial charge in [-0.05, 0) is 48.7 Å². The lowest BCUT2D eigenvalue weighted by molar-refractivity contribution is -0.143. The van der Waals surface area contributed by atoms with Gasteiger partial charge in [0.05, 0.1) is 33.4 Å². The number of fused-ring (bicyclic) bond motifs is 1. The number of amides is 2. The van der Waals surface area contributed by atoms with Gasteiger partial charge in [-0.15, -0.1) is 0 Å². The average molecular weight is 572 g/mol. The summed E-state index contributed by atoms with van der Waals surface area (Å²) in [6.45, 7) is 2.85. The standard InChI is InChI=1S/C28H31Cl2N5O4/c1-32(15-18-3-5-23(29)24(30)11-18)26(36)16-35-17-31-25-6-4-20(14-22(25)28(35)38)33-7-9-34(10-8-33)27(37)19-12-21(13-19)39-2/h3-6,11,14,17,19,21H,7-10,12-13,15-16H2,1-2H3. The van der Waals surface area contributed by atoms with Crippen LogP contribution in [0.5, 0.6) is 0 Å². The second kappa shape index (κ2) is 11.5. The number of hydrogen-bond acceptors (Lipinski definition) is 6. The molecule has 206 valence electrons. The van der Waals surface area contributed by atoms with Crippen LogP contribution in [-0.4, -0.2) is 77.6 Å². The molecule has 2 aromatic carbocycles. The third-order valence-electron chi connectivity index (χ3n) is 7.68. The molecule has 2 fully saturated rings. The highest BCUT2D eigenvalue weighted by Crippen LogP contribution is 2.32. The summed E-state index contributed by atoms with van der Waals surface area (Å²) in [5.41, 5.74) is 2.03. The zero-order valence-corrected chi connectivity index (χ0v) is 23.5. The Hall–Kier alpha value is -3.14. The first-order chi connectivity index (χ1) is 18.7. The number of rotatable bonds is 7. The third-order valence-corrected chi connectivity index (χ3v) is 8.42. The Labute approximate surface area is 236 Å². The molecule has 0 N–H and O–H groups in total. The van der Waals surface area contributed by atoms with E-state index in [1.807, 2.05) is 29.2 Å². The number of likely N-dealkylation sites (N-methyl/N-ethyl adjacent to an activating group) is 1. The lowest BCUT2D eigenvalue weighted by Gasteiger charge is -2.41. The zero-order chi connectivity index (χ0) is 27.7. The van der Waals surface area contributed by atoms with Crippen LogP contribution in [0, 0.1) is 5.92 Å². The van der Waals surface area contributed by atoms with Crippen molar-refractivity contribution in [1.29, 1.82) is 0 Å². The van der Waals surface area contributed by atoms with Crippen LogP contribution < -0.4 is 10.5 Å². The topological polar surface area (TPSA) is 88.0 Å². The van der Waals surface area contributed by atoms with Gasteiger partial charge in [-0.1, -0.05) is 29.3 Å². The summed E-state index contributed by atoms with van der Waals surface area (Å²) >= 11 is 12.1. The molecule has 1 aliphatic carbocycles. The van der Waals surface area contributed by atoms with E-state index in [1.165, 1.54) is 15.8 Å². The van der Waals surface area contributed by atoms with Crippen molar-refractivity contribution >= 4 is 51.6 Å². The van der Waals surface area contributed by atoms with Crippen molar-refractivity contribution in [3.8, 4) is 0 Å². The second-order valence-corrected chi connectivity index (χ2v) is 11.0. The van der Waals surface area contributed by atoms with Crippen molar-refractivity contribution in [2.45, 2.75) is 32.0 Å². The fraction of sp³-hybridized carbons (Fsp3) is 0.429. The van der Waals surface area contributed by atoms with E-state index in [2.05, 4.69) is 9.88 Å². The molecular weight excluding hydrogens is 541 g/mol. The van der Waals surface area contributed by atoms with Gasteiger partial charge in [0.25, 0.3) is 5.56 Å². The van der Waals surface area contributed by atoms with Gasteiger partial charge in [0.2, 0.25) is 11.8 Å². The largest absolute Gasteiger partial charge is 0.381 e. The van der Waals surface area contributed by atoms with Gasteiger partial charge in [0, 0.05) is 58.5 Å². The van der Waals surface area contributed by atoms with Crippen LogP contribution in [0.4, 0.5) is 5.69 Å². The van der Waals surface area contributed by atoms with E-state index in [0.717, 1.165) is 24.1 Å². The summed E-state index contributed by atoms with van der Waals surface area (Å²) in [6, 6.07) is 10.8. The predicted molar refractivity (Wildman–Crippen MR) is 151 cm³/mol. The maximum absolute atomic E-state index is 13.3. The molecule has 1 aliphatic heterocycles. The van der Waals surface area contributed by atoms with Crippen LogP contribution in [0.1, 0.15) is 18.4 Å². The summed E-state index contributed by atoms with van der Waals surface area (Å²) in [5.74, 6) is 0.0457. The Morgan fingerprint density at radius 3 is 2.49 bits per heavy atom. The molecule has 2 amide bonds. The fourth-order valence-electron chi connectivity index (χ4n) is 5.13. The first kappa shape index (κ1) is 27.4. The van der Waals surface area contributed by atoms with E-state index >= 15 is 0 Å². The van der Waals surface area contributed by atoms with Crippen molar-refractivity contribution in [2.75, 3.05) is 45.2 Å². The van der Waals surface area contributed by atoms with E-state index in [9.17, 15) is 14.4 Å². The molecule has 9 nitrogen and oxygen atoms in total. The van der Waals surface area contributed by atoms with Crippen LogP contribution >= 0.6 is 23.2 Å². The minimum Gasteiger partial charge on any atom is -0.381 e. The maximum atomic E-state index is 13.3. The number of methoxy groups -OCH3 is 1. The number of hydrogen-bond donors (Lipinski definition) is 0. The Balaban J connectivity index is 1.24. The molecule has 1 saturated heterocycles. The Bertz CT molecular complexity index is 1450. The van der Waals surface area contributed by atoms with E-state index in [4.69, 9.17) is 27.9 Å². The molecule has 2 heterocycles. The summed E-state index contributed by atoms with van der Waals surface area (Å²) in [6.07, 6.45) is 3.21. The number of nitrogens with zero attached hydrogens (tertiary/aromatic N) is 5. The lowest BCUT2D eigenvalue weighted by atomic mass is 9.81.